The van der Waals surface area contributed by atoms with Crippen LogP contribution in [0.15, 0.2) is 22.6 Å². The molecule has 0 bridgehead atoms. The predicted molar refractivity (Wildman–Crippen MR) is 99.8 cm³/mol. The summed E-state index contributed by atoms with van der Waals surface area (Å²) < 4.78 is 20.8. The van der Waals surface area contributed by atoms with Crippen LogP contribution in [0.4, 0.5) is 5.13 Å². The number of carbonyl (C=O) groups is 1. The summed E-state index contributed by atoms with van der Waals surface area (Å²) in [6, 6.07) is 3.48. The first-order chi connectivity index (χ1) is 12.6. The average Bonchev–Trinajstić information content (AvgIpc) is 3.08. The van der Waals surface area contributed by atoms with Gasteiger partial charge < -0.3 is 18.9 Å². The number of hydrazone groups is 1. The van der Waals surface area contributed by atoms with E-state index in [4.69, 9.17) is 18.9 Å². The Balaban J connectivity index is 2.06. The predicted octanol–water partition coefficient (Wildman–Crippen LogP) is 2.72. The first-order valence-electron chi connectivity index (χ1n) is 7.80. The van der Waals surface area contributed by atoms with Crippen molar-refractivity contribution in [3.05, 3.63) is 28.8 Å². The number of hydrogen-bond donors (Lipinski definition) is 1. The molecule has 2 aromatic rings. The molecule has 0 spiro atoms. The molecular weight excluding hydrogens is 358 g/mol. The molecule has 0 aliphatic rings. The lowest BCUT2D eigenvalue weighted by Crippen LogP contribution is -2.07. The number of ether oxygens (including phenoxy) is 4. The largest absolute Gasteiger partial charge is 0.496 e. The zero-order chi connectivity index (χ0) is 18.9. The number of rotatable bonds is 9. The minimum absolute atomic E-state index is 0.138. The van der Waals surface area contributed by atoms with Crippen LogP contribution in [0.1, 0.15) is 18.2 Å². The Morgan fingerprint density at radius 3 is 2.54 bits per heavy atom. The topological polar surface area (TPSA) is 91.3 Å². The van der Waals surface area contributed by atoms with Crippen LogP contribution in [0.5, 0.6) is 17.2 Å². The van der Waals surface area contributed by atoms with E-state index in [0.29, 0.717) is 40.2 Å². The fraction of sp³-hybridized carbons (Fsp3) is 0.353. The van der Waals surface area contributed by atoms with Gasteiger partial charge in [0, 0.05) is 17.0 Å². The zero-order valence-electron chi connectivity index (χ0n) is 15.1. The molecule has 0 aliphatic heterocycles. The number of methoxy groups -OCH3 is 3. The maximum absolute atomic E-state index is 11.5. The molecule has 0 amide bonds. The summed E-state index contributed by atoms with van der Waals surface area (Å²) in [6.07, 6.45) is 1.73. The summed E-state index contributed by atoms with van der Waals surface area (Å²) in [7, 11) is 4.68. The van der Waals surface area contributed by atoms with Gasteiger partial charge in [0.1, 0.15) is 5.75 Å². The number of thiazole rings is 1. The molecule has 140 valence electrons. The minimum Gasteiger partial charge on any atom is -0.496 e. The van der Waals surface area contributed by atoms with Crippen LogP contribution in [0.25, 0.3) is 0 Å². The third-order valence-electron chi connectivity index (χ3n) is 3.28. The van der Waals surface area contributed by atoms with Gasteiger partial charge in [-0.1, -0.05) is 0 Å². The van der Waals surface area contributed by atoms with Crippen molar-refractivity contribution in [3.8, 4) is 17.2 Å². The average molecular weight is 379 g/mol. The normalized spacial score (nSPS) is 10.6. The van der Waals surface area contributed by atoms with E-state index in [-0.39, 0.29) is 12.4 Å². The maximum atomic E-state index is 11.5. The van der Waals surface area contributed by atoms with Crippen molar-refractivity contribution in [2.24, 2.45) is 5.10 Å². The van der Waals surface area contributed by atoms with Gasteiger partial charge in [0.05, 0.1) is 46.3 Å². The Morgan fingerprint density at radius 1 is 1.19 bits per heavy atom. The molecule has 2 rings (SSSR count). The molecule has 0 aliphatic carbocycles. The third kappa shape index (κ3) is 5.09. The second-order valence-corrected chi connectivity index (χ2v) is 5.80. The molecule has 9 heteroatoms. The summed E-state index contributed by atoms with van der Waals surface area (Å²) >= 11 is 1.35. The summed E-state index contributed by atoms with van der Waals surface area (Å²) in [6.45, 7) is 2.12. The molecular formula is C17H21N3O5S. The van der Waals surface area contributed by atoms with Crippen LogP contribution in [0.2, 0.25) is 0 Å². The van der Waals surface area contributed by atoms with Crippen LogP contribution in [-0.4, -0.2) is 45.1 Å². The van der Waals surface area contributed by atoms with Gasteiger partial charge in [0.2, 0.25) is 5.13 Å². The van der Waals surface area contributed by atoms with Crippen LogP contribution < -0.4 is 19.6 Å². The Morgan fingerprint density at radius 2 is 1.88 bits per heavy atom. The highest BCUT2D eigenvalue weighted by Gasteiger charge is 2.11. The van der Waals surface area contributed by atoms with Gasteiger partial charge in [-0.05, 0) is 13.0 Å². The van der Waals surface area contributed by atoms with Crippen molar-refractivity contribution in [1.29, 1.82) is 0 Å². The van der Waals surface area contributed by atoms with Crippen molar-refractivity contribution < 1.29 is 23.7 Å². The van der Waals surface area contributed by atoms with Crippen molar-refractivity contribution in [3.63, 3.8) is 0 Å². The molecule has 1 aromatic carbocycles. The van der Waals surface area contributed by atoms with Gasteiger partial charge in [-0.25, -0.2) is 4.98 Å². The molecule has 0 atom stereocenters. The van der Waals surface area contributed by atoms with Crippen molar-refractivity contribution in [1.82, 2.24) is 4.98 Å². The molecule has 26 heavy (non-hydrogen) atoms. The number of benzene rings is 1. The van der Waals surface area contributed by atoms with Crippen molar-refractivity contribution in [2.75, 3.05) is 33.4 Å². The fourth-order valence-electron chi connectivity index (χ4n) is 2.11. The Labute approximate surface area is 155 Å². The summed E-state index contributed by atoms with van der Waals surface area (Å²) in [5.74, 6) is 1.43. The molecule has 1 heterocycles. The van der Waals surface area contributed by atoms with E-state index < -0.39 is 0 Å². The van der Waals surface area contributed by atoms with Crippen molar-refractivity contribution >= 4 is 28.7 Å². The molecule has 1 N–H and O–H groups in total. The van der Waals surface area contributed by atoms with Crippen LogP contribution in [-0.2, 0) is 16.0 Å². The van der Waals surface area contributed by atoms with Gasteiger partial charge in [0.25, 0.3) is 0 Å². The molecule has 0 saturated heterocycles. The molecule has 0 saturated carbocycles. The smallest absolute Gasteiger partial charge is 0.311 e. The SMILES string of the molecule is CCOC(=O)Cc1csc(NN=Cc2cc(OC)c(OC)cc2OC)n1. The molecule has 1 aromatic heterocycles. The Hall–Kier alpha value is -2.81. The maximum Gasteiger partial charge on any atom is 0.311 e. The number of carbonyl (C=O) groups excluding carboxylic acids is 1. The van der Waals surface area contributed by atoms with Crippen LogP contribution >= 0.6 is 11.3 Å². The Bertz CT molecular complexity index is 776. The van der Waals surface area contributed by atoms with Gasteiger partial charge in [-0.2, -0.15) is 5.10 Å². The van der Waals surface area contributed by atoms with E-state index >= 15 is 0 Å². The van der Waals surface area contributed by atoms with Crippen LogP contribution in [0, 0.1) is 0 Å². The fourth-order valence-corrected chi connectivity index (χ4v) is 2.77. The van der Waals surface area contributed by atoms with E-state index in [1.54, 1.807) is 52.0 Å². The lowest BCUT2D eigenvalue weighted by Gasteiger charge is -2.11. The quantitative estimate of drug-likeness (QED) is 0.407. The molecule has 0 fully saturated rings. The molecule has 0 radical (unpaired) electrons. The van der Waals surface area contributed by atoms with E-state index in [2.05, 4.69) is 15.5 Å². The van der Waals surface area contributed by atoms with Gasteiger partial charge >= 0.3 is 5.97 Å². The molecule has 0 unspecified atom stereocenters. The highest BCUT2D eigenvalue weighted by atomic mass is 32.1. The van der Waals surface area contributed by atoms with E-state index in [1.807, 2.05) is 0 Å². The monoisotopic (exact) mass is 379 g/mol. The zero-order valence-corrected chi connectivity index (χ0v) is 15.9. The highest BCUT2D eigenvalue weighted by Crippen LogP contribution is 2.33. The number of nitrogens with zero attached hydrogens (tertiary/aromatic N) is 2. The second kappa shape index (κ2) is 9.62. The van der Waals surface area contributed by atoms with Gasteiger partial charge in [0.15, 0.2) is 11.5 Å². The summed E-state index contributed by atoms with van der Waals surface area (Å²) in [5.41, 5.74) is 4.18. The highest BCUT2D eigenvalue weighted by molar-refractivity contribution is 7.13. The van der Waals surface area contributed by atoms with E-state index in [0.717, 1.165) is 0 Å². The Kier molecular flexibility index (Phi) is 7.22. The lowest BCUT2D eigenvalue weighted by atomic mass is 10.2. The first-order valence-corrected chi connectivity index (χ1v) is 8.68. The standard InChI is InChI=1S/C17H21N3O5S/c1-5-25-16(21)7-12-10-26-17(19-12)20-18-9-11-6-14(23-3)15(24-4)8-13(11)22-2/h6,8-10H,5,7H2,1-4H3,(H,19,20). The minimum atomic E-state index is -0.303. The van der Waals surface area contributed by atoms with Crippen LogP contribution in [0.3, 0.4) is 0 Å². The first kappa shape index (κ1) is 19.5. The third-order valence-corrected chi connectivity index (χ3v) is 4.08. The number of anilines is 1. The van der Waals surface area contributed by atoms with E-state index in [9.17, 15) is 4.79 Å². The number of hydrogen-bond acceptors (Lipinski definition) is 9. The number of aromatic nitrogens is 1. The number of esters is 1. The lowest BCUT2D eigenvalue weighted by molar-refractivity contribution is -0.142. The van der Waals surface area contributed by atoms with Gasteiger partial charge in [-0.3, -0.25) is 10.2 Å². The summed E-state index contributed by atoms with van der Waals surface area (Å²) in [4.78, 5) is 15.7. The second-order valence-electron chi connectivity index (χ2n) is 4.94. The number of nitrogens with one attached hydrogen (secondary N) is 1. The molecule has 8 nitrogen and oxygen atoms in total. The summed E-state index contributed by atoms with van der Waals surface area (Å²) in [5, 5.41) is 6.51. The van der Waals surface area contributed by atoms with Gasteiger partial charge in [-0.15, -0.1) is 11.3 Å². The van der Waals surface area contributed by atoms with Crippen molar-refractivity contribution in [2.45, 2.75) is 13.3 Å². The van der Waals surface area contributed by atoms with E-state index in [1.165, 1.54) is 11.3 Å².